The number of rotatable bonds is 5. The molecule has 9 heteroatoms. The molecule has 2 aromatic rings. The third-order valence-corrected chi connectivity index (χ3v) is 7.01. The first kappa shape index (κ1) is 23.1. The highest BCUT2D eigenvalue weighted by Gasteiger charge is 2.30. The highest BCUT2D eigenvalue weighted by Crippen LogP contribution is 2.36. The number of H-pyrrole nitrogens is 1. The van der Waals surface area contributed by atoms with E-state index >= 15 is 0 Å². The molecule has 180 valence electrons. The summed E-state index contributed by atoms with van der Waals surface area (Å²) < 4.78 is 5.37. The van der Waals surface area contributed by atoms with Crippen LogP contribution < -0.4 is 5.32 Å². The molecule has 4 heterocycles. The number of morpholine rings is 1. The third-order valence-electron chi connectivity index (χ3n) is 6.78. The van der Waals surface area contributed by atoms with Gasteiger partial charge in [-0.2, -0.15) is 0 Å². The first-order chi connectivity index (χ1) is 16.4. The van der Waals surface area contributed by atoms with E-state index in [2.05, 4.69) is 15.2 Å². The molecule has 0 aliphatic carbocycles. The average molecular weight is 485 g/mol. The number of aromatic amines is 1. The van der Waals surface area contributed by atoms with Gasteiger partial charge in [-0.05, 0) is 49.6 Å². The van der Waals surface area contributed by atoms with Crippen molar-refractivity contribution >= 4 is 40.8 Å². The summed E-state index contributed by atoms with van der Waals surface area (Å²) in [6.07, 6.45) is 2.72. The van der Waals surface area contributed by atoms with Gasteiger partial charge < -0.3 is 25.0 Å². The number of aliphatic hydroxyl groups excluding tert-OH is 1. The van der Waals surface area contributed by atoms with Gasteiger partial charge in [0, 0.05) is 60.4 Å². The highest BCUT2D eigenvalue weighted by atomic mass is 35.5. The van der Waals surface area contributed by atoms with Crippen molar-refractivity contribution in [3.05, 3.63) is 51.3 Å². The van der Waals surface area contributed by atoms with E-state index < -0.39 is 6.10 Å². The first-order valence-electron chi connectivity index (χ1n) is 11.7. The van der Waals surface area contributed by atoms with E-state index in [1.807, 2.05) is 6.92 Å². The number of aliphatic hydroxyl groups is 1. The molecule has 2 amide bonds. The van der Waals surface area contributed by atoms with Crippen LogP contribution in [0.3, 0.4) is 0 Å². The molecule has 1 aromatic carbocycles. The largest absolute Gasteiger partial charge is 0.390 e. The van der Waals surface area contributed by atoms with Gasteiger partial charge in [0.25, 0.3) is 11.8 Å². The van der Waals surface area contributed by atoms with Crippen LogP contribution in [0.4, 0.5) is 5.69 Å². The van der Waals surface area contributed by atoms with Gasteiger partial charge in [0.1, 0.15) is 0 Å². The molecule has 3 aliphatic heterocycles. The van der Waals surface area contributed by atoms with Gasteiger partial charge in [0.2, 0.25) is 0 Å². The normalized spacial score (nSPS) is 20.8. The molecule has 1 atom stereocenters. The van der Waals surface area contributed by atoms with Gasteiger partial charge in [-0.1, -0.05) is 11.6 Å². The smallest absolute Gasteiger partial charge is 0.256 e. The molecule has 1 aromatic heterocycles. The number of hydrogen-bond acceptors (Lipinski definition) is 5. The number of halogens is 1. The third kappa shape index (κ3) is 4.51. The number of benzene rings is 1. The topological polar surface area (TPSA) is 97.9 Å². The van der Waals surface area contributed by atoms with Crippen LogP contribution in [0.25, 0.3) is 11.6 Å². The Balaban J connectivity index is 1.38. The zero-order valence-corrected chi connectivity index (χ0v) is 20.0. The fourth-order valence-electron chi connectivity index (χ4n) is 5.02. The number of carbonyl (C=O) groups excluding carboxylic acids is 2. The molecule has 3 aliphatic rings. The number of carbonyl (C=O) groups is 2. The van der Waals surface area contributed by atoms with Crippen molar-refractivity contribution in [1.82, 2.24) is 14.8 Å². The van der Waals surface area contributed by atoms with Crippen molar-refractivity contribution in [2.75, 3.05) is 51.3 Å². The molecule has 5 rings (SSSR count). The molecule has 34 heavy (non-hydrogen) atoms. The number of aryl methyl sites for hydroxylation is 1. The number of anilines is 1. The summed E-state index contributed by atoms with van der Waals surface area (Å²) in [5.74, 6) is -0.271. The molecule has 0 spiro atoms. The van der Waals surface area contributed by atoms with E-state index in [-0.39, 0.29) is 11.8 Å². The number of β-amino-alcohol motifs (C(OH)–C–C–N with tert-alkyl or cyclic N) is 1. The maximum atomic E-state index is 13.5. The molecule has 3 N–H and O–H groups in total. The van der Waals surface area contributed by atoms with Crippen LogP contribution >= 0.6 is 11.6 Å². The van der Waals surface area contributed by atoms with Gasteiger partial charge in [-0.3, -0.25) is 14.5 Å². The number of fused-ring (bicyclic) bond motifs is 2. The average Bonchev–Trinajstić information content (AvgIpc) is 3.23. The predicted molar refractivity (Wildman–Crippen MR) is 131 cm³/mol. The fraction of sp³-hybridized carbons (Fsp3) is 0.440. The number of amides is 2. The monoisotopic (exact) mass is 484 g/mol. The van der Waals surface area contributed by atoms with Crippen molar-refractivity contribution in [3.8, 4) is 0 Å². The lowest BCUT2D eigenvalue weighted by Gasteiger charge is -2.31. The second-order valence-electron chi connectivity index (χ2n) is 9.14. The van der Waals surface area contributed by atoms with Crippen molar-refractivity contribution < 1.29 is 19.4 Å². The summed E-state index contributed by atoms with van der Waals surface area (Å²) in [5, 5.41) is 14.1. The molecule has 0 unspecified atom stereocenters. The van der Waals surface area contributed by atoms with E-state index in [0.29, 0.717) is 49.0 Å². The number of nitrogens with zero attached hydrogens (tertiary/aromatic N) is 2. The Hall–Kier alpha value is -2.65. The summed E-state index contributed by atoms with van der Waals surface area (Å²) >= 11 is 6.16. The zero-order chi connectivity index (χ0) is 23.8. The van der Waals surface area contributed by atoms with Crippen LogP contribution in [-0.2, 0) is 16.0 Å². The standard InChI is InChI=1S/C25H29ClN4O4/c1-15-22(12-19-18-11-16(26)4-5-20(18)28-24(19)32)27-21-3-2-6-30(25(33)23(15)21)14-17(31)13-29-7-9-34-10-8-29/h4-5,11-12,17,27,31H,2-3,6-10,13-14H2,1H3,(H,28,32)/t17-/m0/s1. The summed E-state index contributed by atoms with van der Waals surface area (Å²) in [5.41, 5.74) is 5.07. The van der Waals surface area contributed by atoms with E-state index in [9.17, 15) is 14.7 Å². The number of nitrogens with one attached hydrogen (secondary N) is 2. The Morgan fingerprint density at radius 2 is 2.00 bits per heavy atom. The fourth-order valence-corrected chi connectivity index (χ4v) is 5.20. The van der Waals surface area contributed by atoms with Gasteiger partial charge >= 0.3 is 0 Å². The summed E-state index contributed by atoms with van der Waals surface area (Å²) in [7, 11) is 0. The number of ether oxygens (including phenoxy) is 1. The molecule has 1 fully saturated rings. The van der Waals surface area contributed by atoms with Crippen LogP contribution in [0.5, 0.6) is 0 Å². The maximum absolute atomic E-state index is 13.5. The van der Waals surface area contributed by atoms with Gasteiger partial charge in [-0.15, -0.1) is 0 Å². The summed E-state index contributed by atoms with van der Waals surface area (Å²) in [4.78, 5) is 33.4. The van der Waals surface area contributed by atoms with Crippen molar-refractivity contribution in [1.29, 1.82) is 0 Å². The summed E-state index contributed by atoms with van der Waals surface area (Å²) in [6.45, 7) is 6.27. The Bertz CT molecular complexity index is 1150. The SMILES string of the molecule is Cc1c(C=C2C(=O)Nc3ccc(Cl)cc32)[nH]c2c1C(=O)N(C[C@@H](O)CN1CCOCC1)CCC2. The van der Waals surface area contributed by atoms with Gasteiger partial charge in [0.05, 0.1) is 30.5 Å². The van der Waals surface area contributed by atoms with E-state index in [1.54, 1.807) is 29.2 Å². The minimum Gasteiger partial charge on any atom is -0.390 e. The van der Waals surface area contributed by atoms with Crippen LogP contribution in [0.15, 0.2) is 18.2 Å². The molecule has 8 nitrogen and oxygen atoms in total. The lowest BCUT2D eigenvalue weighted by Crippen LogP contribution is -2.46. The maximum Gasteiger partial charge on any atom is 0.256 e. The molecular formula is C25H29ClN4O4. The van der Waals surface area contributed by atoms with E-state index in [0.717, 1.165) is 54.1 Å². The first-order valence-corrected chi connectivity index (χ1v) is 12.1. The van der Waals surface area contributed by atoms with Crippen LogP contribution in [0.1, 0.15) is 39.3 Å². The Labute approximate surface area is 203 Å². The molecule has 0 saturated carbocycles. The minimum absolute atomic E-state index is 0.0776. The highest BCUT2D eigenvalue weighted by molar-refractivity contribution is 6.36. The molecule has 0 bridgehead atoms. The minimum atomic E-state index is -0.618. The lowest BCUT2D eigenvalue weighted by molar-refractivity contribution is -0.110. The molecular weight excluding hydrogens is 456 g/mol. The van der Waals surface area contributed by atoms with Crippen molar-refractivity contribution in [3.63, 3.8) is 0 Å². The Kier molecular flexibility index (Phi) is 6.48. The second kappa shape index (κ2) is 9.54. The van der Waals surface area contributed by atoms with Gasteiger partial charge in [-0.25, -0.2) is 0 Å². The predicted octanol–water partition coefficient (Wildman–Crippen LogP) is 2.55. The quantitative estimate of drug-likeness (QED) is 0.567. The van der Waals surface area contributed by atoms with Crippen LogP contribution in [0.2, 0.25) is 5.02 Å². The van der Waals surface area contributed by atoms with E-state index in [4.69, 9.17) is 16.3 Å². The molecule has 1 saturated heterocycles. The van der Waals surface area contributed by atoms with Crippen molar-refractivity contribution in [2.24, 2.45) is 0 Å². The lowest BCUT2D eigenvalue weighted by atomic mass is 10.0. The van der Waals surface area contributed by atoms with Crippen molar-refractivity contribution in [2.45, 2.75) is 25.9 Å². The van der Waals surface area contributed by atoms with Crippen LogP contribution in [0, 0.1) is 6.92 Å². The van der Waals surface area contributed by atoms with Gasteiger partial charge in [0.15, 0.2) is 0 Å². The Morgan fingerprint density at radius 3 is 2.79 bits per heavy atom. The second-order valence-corrected chi connectivity index (χ2v) is 9.58. The number of hydrogen-bond donors (Lipinski definition) is 3. The van der Waals surface area contributed by atoms with E-state index in [1.165, 1.54) is 0 Å². The zero-order valence-electron chi connectivity index (χ0n) is 19.2. The van der Waals surface area contributed by atoms with Crippen LogP contribution in [-0.4, -0.2) is 83.7 Å². The summed E-state index contributed by atoms with van der Waals surface area (Å²) in [6, 6.07) is 5.30. The number of aromatic nitrogens is 1. The Morgan fingerprint density at radius 1 is 1.21 bits per heavy atom. The molecule has 0 radical (unpaired) electrons.